The maximum Gasteiger partial charge on any atom is 0.322 e. The van der Waals surface area contributed by atoms with Gasteiger partial charge in [0.25, 0.3) is 0 Å². The molecule has 0 bridgehead atoms. The highest BCUT2D eigenvalue weighted by atomic mass is 79.9. The maximum atomic E-state index is 11.2. The Kier molecular flexibility index (Phi) is 6.95. The monoisotopic (exact) mass is 329 g/mol. The molecule has 0 radical (unpaired) electrons. The molecular formula is C13H16BrNO4. The molecule has 6 heteroatoms. The van der Waals surface area contributed by atoms with E-state index in [0.29, 0.717) is 19.4 Å². The van der Waals surface area contributed by atoms with Crippen molar-refractivity contribution < 1.29 is 19.4 Å². The molecule has 2 N–H and O–H groups in total. The average Bonchev–Trinajstić information content (AvgIpc) is 2.38. The van der Waals surface area contributed by atoms with Crippen molar-refractivity contribution in [3.05, 3.63) is 28.7 Å². The lowest BCUT2D eigenvalue weighted by atomic mass is 10.2. The Balaban J connectivity index is 2.06. The summed E-state index contributed by atoms with van der Waals surface area (Å²) >= 11 is 3.34. The molecule has 0 aliphatic rings. The second-order valence-corrected chi connectivity index (χ2v) is 4.85. The first kappa shape index (κ1) is 15.5. The Morgan fingerprint density at radius 1 is 1.21 bits per heavy atom. The van der Waals surface area contributed by atoms with Crippen molar-refractivity contribution in [1.82, 2.24) is 5.32 Å². The summed E-state index contributed by atoms with van der Waals surface area (Å²) in [5, 5.41) is 10.7. The smallest absolute Gasteiger partial charge is 0.322 e. The number of aliphatic carboxylic acids is 1. The van der Waals surface area contributed by atoms with E-state index in [1.165, 1.54) is 0 Å². The summed E-state index contributed by atoms with van der Waals surface area (Å²) in [4.78, 5) is 21.4. The lowest BCUT2D eigenvalue weighted by Crippen LogP contribution is -2.28. The van der Waals surface area contributed by atoms with Crippen LogP contribution < -0.4 is 10.1 Å². The summed E-state index contributed by atoms with van der Waals surface area (Å²) in [6.07, 6.45) is 1.73. The molecule has 5 nitrogen and oxygen atoms in total. The number of halogens is 1. The first-order chi connectivity index (χ1) is 9.08. The maximum absolute atomic E-state index is 11.2. The second-order valence-electron chi connectivity index (χ2n) is 3.93. The number of carbonyl (C=O) groups excluding carboxylic acids is 1. The Bertz CT molecular complexity index is 419. The van der Waals surface area contributed by atoms with Gasteiger partial charge >= 0.3 is 5.97 Å². The standard InChI is InChI=1S/C13H16BrNO4/c14-10-4-6-11(7-5-10)19-8-2-1-3-12(16)15-9-13(17)18/h4-7H,1-3,8-9H2,(H,15,16)(H,17,18). The lowest BCUT2D eigenvalue weighted by Gasteiger charge is -2.06. The van der Waals surface area contributed by atoms with Crippen LogP contribution in [0.4, 0.5) is 0 Å². The van der Waals surface area contributed by atoms with Gasteiger partial charge in [0, 0.05) is 10.9 Å². The molecule has 0 saturated carbocycles. The van der Waals surface area contributed by atoms with Gasteiger partial charge in [0.1, 0.15) is 12.3 Å². The zero-order valence-electron chi connectivity index (χ0n) is 10.4. The van der Waals surface area contributed by atoms with Crippen molar-refractivity contribution in [2.75, 3.05) is 13.2 Å². The van der Waals surface area contributed by atoms with Crippen molar-refractivity contribution in [3.63, 3.8) is 0 Å². The van der Waals surface area contributed by atoms with E-state index in [1.807, 2.05) is 24.3 Å². The minimum absolute atomic E-state index is 0.244. The number of hydrogen-bond donors (Lipinski definition) is 2. The Hall–Kier alpha value is -1.56. The van der Waals surface area contributed by atoms with Crippen molar-refractivity contribution in [1.29, 1.82) is 0 Å². The molecule has 0 saturated heterocycles. The normalized spacial score (nSPS) is 9.95. The Labute approximate surface area is 120 Å². The van der Waals surface area contributed by atoms with E-state index in [2.05, 4.69) is 21.2 Å². The highest BCUT2D eigenvalue weighted by molar-refractivity contribution is 9.10. The molecule has 0 unspecified atom stereocenters. The molecule has 0 fully saturated rings. The molecule has 0 heterocycles. The predicted molar refractivity (Wildman–Crippen MR) is 74.1 cm³/mol. The predicted octanol–water partition coefficient (Wildman–Crippen LogP) is 2.20. The van der Waals surface area contributed by atoms with Gasteiger partial charge in [-0.3, -0.25) is 9.59 Å². The Morgan fingerprint density at radius 2 is 1.89 bits per heavy atom. The van der Waals surface area contributed by atoms with E-state index in [0.717, 1.165) is 16.6 Å². The van der Waals surface area contributed by atoms with E-state index in [1.54, 1.807) is 0 Å². The summed E-state index contributed by atoms with van der Waals surface area (Å²) < 4.78 is 6.49. The van der Waals surface area contributed by atoms with Gasteiger partial charge in [-0.2, -0.15) is 0 Å². The summed E-state index contributed by atoms with van der Waals surface area (Å²) in [6.45, 7) is 0.210. The zero-order chi connectivity index (χ0) is 14.1. The van der Waals surface area contributed by atoms with Gasteiger partial charge in [-0.25, -0.2) is 0 Å². The van der Waals surface area contributed by atoms with E-state index >= 15 is 0 Å². The van der Waals surface area contributed by atoms with Crippen molar-refractivity contribution >= 4 is 27.8 Å². The fraction of sp³-hybridized carbons (Fsp3) is 0.385. The van der Waals surface area contributed by atoms with E-state index in [9.17, 15) is 9.59 Å². The third-order valence-corrected chi connectivity index (χ3v) is 2.85. The minimum atomic E-state index is -1.04. The second kappa shape index (κ2) is 8.53. The highest BCUT2D eigenvalue weighted by Gasteiger charge is 2.03. The van der Waals surface area contributed by atoms with Crippen LogP contribution in [0.25, 0.3) is 0 Å². The number of rotatable bonds is 8. The molecule has 0 aliphatic carbocycles. The van der Waals surface area contributed by atoms with Crippen LogP contribution in [-0.2, 0) is 9.59 Å². The number of unbranched alkanes of at least 4 members (excludes halogenated alkanes) is 1. The lowest BCUT2D eigenvalue weighted by molar-refractivity contribution is -0.137. The van der Waals surface area contributed by atoms with Crippen LogP contribution >= 0.6 is 15.9 Å². The first-order valence-electron chi connectivity index (χ1n) is 5.95. The number of nitrogens with one attached hydrogen (secondary N) is 1. The number of ether oxygens (including phenoxy) is 1. The van der Waals surface area contributed by atoms with Gasteiger partial charge < -0.3 is 15.2 Å². The molecule has 0 atom stereocenters. The summed E-state index contributed by atoms with van der Waals surface area (Å²) in [5.74, 6) is -0.489. The highest BCUT2D eigenvalue weighted by Crippen LogP contribution is 2.16. The number of hydrogen-bond acceptors (Lipinski definition) is 3. The van der Waals surface area contributed by atoms with Crippen molar-refractivity contribution in [2.24, 2.45) is 0 Å². The minimum Gasteiger partial charge on any atom is -0.494 e. The van der Waals surface area contributed by atoms with Gasteiger partial charge in [-0.15, -0.1) is 0 Å². The third-order valence-electron chi connectivity index (χ3n) is 2.32. The van der Waals surface area contributed by atoms with E-state index in [-0.39, 0.29) is 12.5 Å². The molecule has 104 valence electrons. The van der Waals surface area contributed by atoms with E-state index < -0.39 is 5.97 Å². The van der Waals surface area contributed by atoms with Gasteiger partial charge in [-0.1, -0.05) is 15.9 Å². The number of amides is 1. The Morgan fingerprint density at radius 3 is 2.53 bits per heavy atom. The fourth-order valence-corrected chi connectivity index (χ4v) is 1.64. The largest absolute Gasteiger partial charge is 0.494 e. The van der Waals surface area contributed by atoms with Crippen LogP contribution in [0.3, 0.4) is 0 Å². The first-order valence-corrected chi connectivity index (χ1v) is 6.74. The van der Waals surface area contributed by atoms with Crippen LogP contribution in [0.15, 0.2) is 28.7 Å². The average molecular weight is 330 g/mol. The molecule has 0 aliphatic heterocycles. The van der Waals surface area contributed by atoms with Crippen LogP contribution in [0.5, 0.6) is 5.75 Å². The fourth-order valence-electron chi connectivity index (χ4n) is 1.37. The number of carboxylic acid groups (broad SMARTS) is 1. The number of carboxylic acids is 1. The van der Waals surface area contributed by atoms with Crippen LogP contribution in [-0.4, -0.2) is 30.1 Å². The topological polar surface area (TPSA) is 75.6 Å². The summed E-state index contributed by atoms with van der Waals surface area (Å²) in [6, 6.07) is 7.52. The van der Waals surface area contributed by atoms with Gasteiger partial charge in [0.05, 0.1) is 6.61 Å². The molecule has 19 heavy (non-hydrogen) atoms. The van der Waals surface area contributed by atoms with E-state index in [4.69, 9.17) is 9.84 Å². The quantitative estimate of drug-likeness (QED) is 0.717. The third kappa shape index (κ3) is 7.46. The van der Waals surface area contributed by atoms with Gasteiger partial charge in [0.15, 0.2) is 0 Å². The van der Waals surface area contributed by atoms with Gasteiger partial charge in [0.2, 0.25) is 5.91 Å². The van der Waals surface area contributed by atoms with Crippen molar-refractivity contribution in [2.45, 2.75) is 19.3 Å². The van der Waals surface area contributed by atoms with Crippen LogP contribution in [0.2, 0.25) is 0 Å². The molecule has 0 aromatic heterocycles. The molecule has 0 spiro atoms. The zero-order valence-corrected chi connectivity index (χ0v) is 12.0. The van der Waals surface area contributed by atoms with Crippen molar-refractivity contribution in [3.8, 4) is 5.75 Å². The summed E-state index contributed by atoms with van der Waals surface area (Å²) in [5.41, 5.74) is 0. The number of carbonyl (C=O) groups is 2. The number of benzene rings is 1. The van der Waals surface area contributed by atoms with Gasteiger partial charge in [-0.05, 0) is 37.1 Å². The molecule has 1 rings (SSSR count). The molecule has 1 amide bonds. The van der Waals surface area contributed by atoms with Crippen LogP contribution in [0.1, 0.15) is 19.3 Å². The summed E-state index contributed by atoms with van der Waals surface area (Å²) in [7, 11) is 0. The molecular weight excluding hydrogens is 314 g/mol. The van der Waals surface area contributed by atoms with Crippen LogP contribution in [0, 0.1) is 0 Å². The SMILES string of the molecule is O=C(O)CNC(=O)CCCCOc1ccc(Br)cc1. The molecule has 1 aromatic rings. The molecule has 1 aromatic carbocycles.